The monoisotopic (exact) mass is 329 g/mol. The average molecular weight is 330 g/mol. The van der Waals surface area contributed by atoms with E-state index in [-0.39, 0.29) is 6.61 Å². The smallest absolute Gasteiger partial charge is 0.273 e. The van der Waals surface area contributed by atoms with Gasteiger partial charge in [0.25, 0.3) is 14.7 Å². The van der Waals surface area contributed by atoms with E-state index in [0.29, 0.717) is 17.9 Å². The van der Waals surface area contributed by atoms with Gasteiger partial charge in [-0.1, -0.05) is 0 Å². The van der Waals surface area contributed by atoms with Crippen molar-refractivity contribution in [2.75, 3.05) is 18.6 Å². The lowest BCUT2D eigenvalue weighted by molar-refractivity contribution is -0.385. The fourth-order valence-corrected chi connectivity index (χ4v) is 2.44. The second-order valence-corrected chi connectivity index (χ2v) is 6.81. The van der Waals surface area contributed by atoms with Crippen molar-refractivity contribution in [2.45, 2.75) is 4.90 Å². The standard InChI is InChI=1S/C9H9ClFNO5S2/c1-18-3-2-17-9-7(11)4-6(12(13)14)5-8(9)19(10,15)16/h4-5H,2-3H2,1H3. The van der Waals surface area contributed by atoms with Gasteiger partial charge in [0.05, 0.1) is 17.6 Å². The highest BCUT2D eigenvalue weighted by Gasteiger charge is 2.25. The SMILES string of the molecule is CSCCOc1c(F)cc([N+](=O)[O-])cc1S(=O)(=O)Cl. The predicted octanol–water partition coefficient (Wildman–Crippen LogP) is 2.40. The first kappa shape index (κ1) is 16.0. The number of rotatable bonds is 6. The quantitative estimate of drug-likeness (QED) is 0.345. The van der Waals surface area contributed by atoms with E-state index in [1.54, 1.807) is 6.26 Å². The molecule has 0 saturated heterocycles. The highest BCUT2D eigenvalue weighted by atomic mass is 35.7. The average Bonchev–Trinajstić information content (AvgIpc) is 2.29. The van der Waals surface area contributed by atoms with Crippen molar-refractivity contribution in [2.24, 2.45) is 0 Å². The number of thioether (sulfide) groups is 1. The molecule has 0 aliphatic carbocycles. The van der Waals surface area contributed by atoms with Gasteiger partial charge >= 0.3 is 0 Å². The highest BCUT2D eigenvalue weighted by Crippen LogP contribution is 2.33. The number of nitrogens with zero attached hydrogens (tertiary/aromatic N) is 1. The highest BCUT2D eigenvalue weighted by molar-refractivity contribution is 8.13. The van der Waals surface area contributed by atoms with E-state index in [0.717, 1.165) is 0 Å². The molecule has 0 bridgehead atoms. The normalized spacial score (nSPS) is 11.3. The lowest BCUT2D eigenvalue weighted by Crippen LogP contribution is -2.07. The third-order valence-corrected chi connectivity index (χ3v) is 3.90. The molecule has 0 aliphatic heterocycles. The summed E-state index contributed by atoms with van der Waals surface area (Å²) in [5.74, 6) is -1.25. The van der Waals surface area contributed by atoms with Gasteiger partial charge < -0.3 is 4.74 Å². The molecule has 0 fully saturated rings. The van der Waals surface area contributed by atoms with Gasteiger partial charge in [0.2, 0.25) is 0 Å². The number of hydrogen-bond donors (Lipinski definition) is 0. The molecular weight excluding hydrogens is 321 g/mol. The molecule has 0 atom stereocenters. The van der Waals surface area contributed by atoms with E-state index >= 15 is 0 Å². The predicted molar refractivity (Wildman–Crippen MR) is 70.0 cm³/mol. The van der Waals surface area contributed by atoms with Gasteiger partial charge in [0.1, 0.15) is 4.90 Å². The minimum Gasteiger partial charge on any atom is -0.488 e. The summed E-state index contributed by atoms with van der Waals surface area (Å²) >= 11 is 1.41. The van der Waals surface area contributed by atoms with Crippen LogP contribution in [0.1, 0.15) is 0 Å². The Kier molecular flexibility index (Phi) is 5.39. The van der Waals surface area contributed by atoms with Crippen LogP contribution in [0, 0.1) is 15.9 Å². The Morgan fingerprint density at radius 1 is 1.53 bits per heavy atom. The number of non-ortho nitro benzene ring substituents is 1. The zero-order valence-electron chi connectivity index (χ0n) is 9.63. The van der Waals surface area contributed by atoms with Crippen molar-refractivity contribution in [1.82, 2.24) is 0 Å². The molecular formula is C9H9ClFNO5S2. The molecule has 10 heteroatoms. The van der Waals surface area contributed by atoms with Gasteiger partial charge in [-0.05, 0) is 6.26 Å². The Morgan fingerprint density at radius 3 is 2.63 bits per heavy atom. The summed E-state index contributed by atoms with van der Waals surface area (Å²) in [6.07, 6.45) is 1.79. The van der Waals surface area contributed by atoms with Crippen LogP contribution in [0.2, 0.25) is 0 Å². The number of ether oxygens (including phenoxy) is 1. The van der Waals surface area contributed by atoms with Crippen LogP contribution in [0.5, 0.6) is 5.75 Å². The molecule has 1 aromatic carbocycles. The Morgan fingerprint density at radius 2 is 2.16 bits per heavy atom. The third kappa shape index (κ3) is 4.22. The third-order valence-electron chi connectivity index (χ3n) is 2.00. The Hall–Kier alpha value is -1.06. The molecule has 0 radical (unpaired) electrons. The maximum absolute atomic E-state index is 13.7. The summed E-state index contributed by atoms with van der Waals surface area (Å²) in [5, 5.41) is 10.6. The van der Waals surface area contributed by atoms with Crippen molar-refractivity contribution in [3.8, 4) is 5.75 Å². The number of nitro groups is 1. The summed E-state index contributed by atoms with van der Waals surface area (Å²) in [4.78, 5) is 8.90. The van der Waals surface area contributed by atoms with Crippen LogP contribution >= 0.6 is 22.4 Å². The maximum Gasteiger partial charge on any atom is 0.273 e. The molecule has 1 aromatic rings. The number of halogens is 2. The van der Waals surface area contributed by atoms with Crippen LogP contribution in [0.3, 0.4) is 0 Å². The van der Waals surface area contributed by atoms with Crippen molar-refractivity contribution in [3.63, 3.8) is 0 Å². The van der Waals surface area contributed by atoms with Gasteiger partial charge in [-0.15, -0.1) is 0 Å². The van der Waals surface area contributed by atoms with Gasteiger partial charge in [0.15, 0.2) is 11.6 Å². The molecule has 0 aliphatic rings. The molecule has 0 amide bonds. The van der Waals surface area contributed by atoms with E-state index < -0.39 is 36.1 Å². The van der Waals surface area contributed by atoms with E-state index in [1.807, 2.05) is 0 Å². The first-order valence-corrected chi connectivity index (χ1v) is 8.52. The van der Waals surface area contributed by atoms with Gasteiger partial charge in [0, 0.05) is 22.5 Å². The molecule has 0 unspecified atom stereocenters. The van der Waals surface area contributed by atoms with Gasteiger partial charge in [-0.25, -0.2) is 12.8 Å². The Bertz CT molecular complexity index is 593. The lowest BCUT2D eigenvalue weighted by Gasteiger charge is -2.10. The largest absolute Gasteiger partial charge is 0.488 e. The molecule has 6 nitrogen and oxygen atoms in total. The summed E-state index contributed by atoms with van der Waals surface area (Å²) < 4.78 is 41.3. The fourth-order valence-electron chi connectivity index (χ4n) is 1.21. The molecule has 106 valence electrons. The zero-order chi connectivity index (χ0) is 14.6. The Labute approximate surface area is 117 Å². The molecule has 0 heterocycles. The molecule has 1 rings (SSSR count). The molecule has 0 N–H and O–H groups in total. The summed E-state index contributed by atoms with van der Waals surface area (Å²) in [6, 6.07) is 1.25. The molecule has 0 aromatic heterocycles. The number of benzene rings is 1. The minimum atomic E-state index is -4.35. The number of nitro benzene ring substituents is 1. The fraction of sp³-hybridized carbons (Fsp3) is 0.333. The minimum absolute atomic E-state index is 0.0509. The first-order chi connectivity index (χ1) is 8.77. The topological polar surface area (TPSA) is 86.5 Å². The summed E-state index contributed by atoms with van der Waals surface area (Å²) in [6.45, 7) is 0.0509. The Balaban J connectivity index is 3.32. The number of hydrogen-bond acceptors (Lipinski definition) is 6. The zero-order valence-corrected chi connectivity index (χ0v) is 12.0. The van der Waals surface area contributed by atoms with Crippen LogP contribution in [0.15, 0.2) is 17.0 Å². The van der Waals surface area contributed by atoms with E-state index in [1.165, 1.54) is 11.8 Å². The van der Waals surface area contributed by atoms with Gasteiger partial charge in [-0.2, -0.15) is 11.8 Å². The molecule has 0 spiro atoms. The van der Waals surface area contributed by atoms with Crippen molar-refractivity contribution in [1.29, 1.82) is 0 Å². The first-order valence-electron chi connectivity index (χ1n) is 4.81. The van der Waals surface area contributed by atoms with E-state index in [2.05, 4.69) is 0 Å². The van der Waals surface area contributed by atoms with Crippen LogP contribution in [0.4, 0.5) is 10.1 Å². The van der Waals surface area contributed by atoms with Crippen LogP contribution in [-0.4, -0.2) is 32.0 Å². The summed E-state index contributed by atoms with van der Waals surface area (Å²) in [5.41, 5.74) is -0.714. The molecule has 19 heavy (non-hydrogen) atoms. The van der Waals surface area contributed by atoms with Crippen LogP contribution in [0.25, 0.3) is 0 Å². The van der Waals surface area contributed by atoms with E-state index in [4.69, 9.17) is 15.4 Å². The van der Waals surface area contributed by atoms with E-state index in [9.17, 15) is 22.9 Å². The van der Waals surface area contributed by atoms with Gasteiger partial charge in [-0.3, -0.25) is 10.1 Å². The molecule has 0 saturated carbocycles. The second kappa shape index (κ2) is 6.40. The van der Waals surface area contributed by atoms with Crippen LogP contribution in [-0.2, 0) is 9.05 Å². The van der Waals surface area contributed by atoms with Crippen molar-refractivity contribution >= 4 is 37.2 Å². The van der Waals surface area contributed by atoms with Crippen molar-refractivity contribution in [3.05, 3.63) is 28.1 Å². The maximum atomic E-state index is 13.7. The van der Waals surface area contributed by atoms with Crippen molar-refractivity contribution < 1.29 is 22.5 Å². The van der Waals surface area contributed by atoms with Crippen LogP contribution < -0.4 is 4.74 Å². The second-order valence-electron chi connectivity index (χ2n) is 3.29. The lowest BCUT2D eigenvalue weighted by atomic mass is 10.3. The summed E-state index contributed by atoms with van der Waals surface area (Å²) in [7, 11) is 0.770.